The van der Waals surface area contributed by atoms with Crippen molar-refractivity contribution >= 4 is 24.2 Å². The average molecular weight is 186 g/mol. The number of halogens is 1. The van der Waals surface area contributed by atoms with Gasteiger partial charge in [0, 0.05) is 10.8 Å². The van der Waals surface area contributed by atoms with Crippen LogP contribution in [0.25, 0.3) is 0 Å². The summed E-state index contributed by atoms with van der Waals surface area (Å²) in [7, 11) is 0. The summed E-state index contributed by atoms with van der Waals surface area (Å²) in [6.45, 7) is 0. The number of rotatable bonds is 3. The van der Waals surface area contributed by atoms with E-state index in [1.165, 1.54) is 5.56 Å². The van der Waals surface area contributed by atoms with Gasteiger partial charge < -0.3 is 0 Å². The molecule has 1 rings (SSSR count). The largest absolute Gasteiger partial charge is 0.0941 e. The van der Waals surface area contributed by atoms with Crippen LogP contribution in [-0.2, 0) is 6.42 Å². The minimum absolute atomic E-state index is 0.798. The highest BCUT2D eigenvalue weighted by atomic mass is 35.5. The normalized spacial score (nSPS) is 10.0. The van der Waals surface area contributed by atoms with E-state index >= 15 is 0 Å². The van der Waals surface area contributed by atoms with Crippen molar-refractivity contribution in [1.29, 1.82) is 0 Å². The molecule has 2 heteroatoms. The molecule has 0 saturated carbocycles. The molecule has 0 nitrogen and oxygen atoms in total. The number of benzene rings is 1. The molecule has 1 aromatic carbocycles. The van der Waals surface area contributed by atoms with E-state index in [0.717, 1.165) is 23.6 Å². The van der Waals surface area contributed by atoms with Gasteiger partial charge in [-0.1, -0.05) is 36.4 Å². The maximum atomic E-state index is 5.73. The maximum absolute atomic E-state index is 5.73. The summed E-state index contributed by atoms with van der Waals surface area (Å²) in [6, 6.07) is 7.93. The van der Waals surface area contributed by atoms with Gasteiger partial charge in [0.15, 0.2) is 0 Å². The van der Waals surface area contributed by atoms with Crippen molar-refractivity contribution in [3.63, 3.8) is 0 Å². The lowest BCUT2D eigenvalue weighted by atomic mass is 10.1. The van der Waals surface area contributed by atoms with Gasteiger partial charge >= 0.3 is 0 Å². The lowest BCUT2D eigenvalue weighted by Gasteiger charge is -1.97. The SMILES string of the molecule is [S]CCCc1ccc(Cl)cc1. The Morgan fingerprint density at radius 3 is 2.36 bits per heavy atom. The Balaban J connectivity index is 2.52. The van der Waals surface area contributed by atoms with E-state index in [-0.39, 0.29) is 0 Å². The molecule has 1 aromatic rings. The van der Waals surface area contributed by atoms with Crippen LogP contribution in [-0.4, -0.2) is 5.75 Å². The Morgan fingerprint density at radius 2 is 1.82 bits per heavy atom. The molecule has 0 fully saturated rings. The fourth-order valence-electron chi connectivity index (χ4n) is 0.927. The monoisotopic (exact) mass is 185 g/mol. The average Bonchev–Trinajstić information content (AvgIpc) is 2.04. The molecule has 0 aliphatic carbocycles. The first kappa shape index (κ1) is 8.95. The molecule has 0 aliphatic rings. The van der Waals surface area contributed by atoms with Crippen LogP contribution >= 0.6 is 24.2 Å². The lowest BCUT2D eigenvalue weighted by Crippen LogP contribution is -1.84. The molecule has 0 atom stereocenters. The Labute approximate surface area is 78.0 Å². The standard InChI is InChI=1S/C9H10ClS/c10-9-5-3-8(4-6-9)2-1-7-11/h3-6H,1-2,7H2. The zero-order valence-corrected chi connectivity index (χ0v) is 7.79. The van der Waals surface area contributed by atoms with E-state index in [1.54, 1.807) is 0 Å². The van der Waals surface area contributed by atoms with E-state index in [1.807, 2.05) is 24.3 Å². The molecule has 0 heterocycles. The van der Waals surface area contributed by atoms with Crippen molar-refractivity contribution in [3.05, 3.63) is 34.9 Å². The molecule has 0 aromatic heterocycles. The quantitative estimate of drug-likeness (QED) is 0.677. The Morgan fingerprint density at radius 1 is 1.18 bits per heavy atom. The van der Waals surface area contributed by atoms with Gasteiger partial charge in [-0.25, -0.2) is 0 Å². The minimum atomic E-state index is 0.798. The Bertz CT molecular complexity index is 205. The van der Waals surface area contributed by atoms with Crippen LogP contribution in [0.2, 0.25) is 5.02 Å². The van der Waals surface area contributed by atoms with Gasteiger partial charge in [0.2, 0.25) is 0 Å². The van der Waals surface area contributed by atoms with Crippen molar-refractivity contribution < 1.29 is 0 Å². The van der Waals surface area contributed by atoms with Crippen molar-refractivity contribution in [1.82, 2.24) is 0 Å². The third-order valence-corrected chi connectivity index (χ3v) is 2.06. The third kappa shape index (κ3) is 3.17. The number of hydrogen-bond donors (Lipinski definition) is 0. The van der Waals surface area contributed by atoms with Crippen LogP contribution in [0.3, 0.4) is 0 Å². The summed E-state index contributed by atoms with van der Waals surface area (Å²) in [5, 5.41) is 0.798. The molecule has 0 N–H and O–H groups in total. The number of hydrogen-bond acceptors (Lipinski definition) is 0. The zero-order chi connectivity index (χ0) is 8.10. The second-order valence-corrected chi connectivity index (χ2v) is 3.28. The van der Waals surface area contributed by atoms with Crippen molar-refractivity contribution in [3.8, 4) is 0 Å². The maximum Gasteiger partial charge on any atom is 0.0406 e. The van der Waals surface area contributed by atoms with Crippen LogP contribution in [0, 0.1) is 0 Å². The van der Waals surface area contributed by atoms with Gasteiger partial charge in [-0.15, -0.1) is 0 Å². The lowest BCUT2D eigenvalue weighted by molar-refractivity contribution is 0.936. The van der Waals surface area contributed by atoms with Gasteiger partial charge in [-0.05, 0) is 30.5 Å². The smallest absolute Gasteiger partial charge is 0.0406 e. The van der Waals surface area contributed by atoms with Gasteiger partial charge in [0.25, 0.3) is 0 Å². The van der Waals surface area contributed by atoms with Gasteiger partial charge in [0.05, 0.1) is 0 Å². The minimum Gasteiger partial charge on any atom is -0.0941 e. The van der Waals surface area contributed by atoms with E-state index in [9.17, 15) is 0 Å². The Kier molecular flexibility index (Phi) is 3.81. The molecule has 0 unspecified atom stereocenters. The first-order valence-electron chi connectivity index (χ1n) is 3.65. The van der Waals surface area contributed by atoms with E-state index in [4.69, 9.17) is 24.2 Å². The summed E-state index contributed by atoms with van der Waals surface area (Å²) in [5.74, 6) is 0.836. The molecule has 0 spiro atoms. The highest BCUT2D eigenvalue weighted by Crippen LogP contribution is 2.10. The predicted octanol–water partition coefficient (Wildman–Crippen LogP) is 3.47. The second-order valence-electron chi connectivity index (χ2n) is 2.43. The molecular formula is C9H10ClS. The third-order valence-electron chi connectivity index (χ3n) is 1.52. The summed E-state index contributed by atoms with van der Waals surface area (Å²) >= 11 is 10.6. The van der Waals surface area contributed by atoms with Crippen LogP contribution < -0.4 is 0 Å². The van der Waals surface area contributed by atoms with Gasteiger partial charge in [0.1, 0.15) is 0 Å². The van der Waals surface area contributed by atoms with E-state index in [2.05, 4.69) is 0 Å². The fourth-order valence-corrected chi connectivity index (χ4v) is 1.20. The first-order chi connectivity index (χ1) is 5.33. The van der Waals surface area contributed by atoms with Crippen LogP contribution in [0.5, 0.6) is 0 Å². The number of aryl methyl sites for hydroxylation is 1. The van der Waals surface area contributed by atoms with E-state index < -0.39 is 0 Å². The first-order valence-corrected chi connectivity index (χ1v) is 4.61. The fraction of sp³-hybridized carbons (Fsp3) is 0.333. The zero-order valence-electron chi connectivity index (χ0n) is 6.22. The summed E-state index contributed by atoms with van der Waals surface area (Å²) in [6.07, 6.45) is 2.15. The molecule has 11 heavy (non-hydrogen) atoms. The molecule has 0 saturated heterocycles. The molecule has 1 radical (unpaired) electrons. The molecular weight excluding hydrogens is 176 g/mol. The van der Waals surface area contributed by atoms with Crippen LogP contribution in [0.4, 0.5) is 0 Å². The van der Waals surface area contributed by atoms with Crippen LogP contribution in [0.1, 0.15) is 12.0 Å². The van der Waals surface area contributed by atoms with Crippen molar-refractivity contribution in [2.24, 2.45) is 0 Å². The summed E-state index contributed by atoms with van der Waals surface area (Å²) < 4.78 is 0. The summed E-state index contributed by atoms with van der Waals surface area (Å²) in [4.78, 5) is 0. The van der Waals surface area contributed by atoms with Crippen molar-refractivity contribution in [2.45, 2.75) is 12.8 Å². The predicted molar refractivity (Wildman–Crippen MR) is 52.2 cm³/mol. The molecule has 59 valence electrons. The second kappa shape index (κ2) is 4.68. The molecule has 0 amide bonds. The van der Waals surface area contributed by atoms with Gasteiger partial charge in [-0.2, -0.15) is 0 Å². The molecule has 0 aliphatic heterocycles. The Hall–Kier alpha value is -0.140. The van der Waals surface area contributed by atoms with Crippen molar-refractivity contribution in [2.75, 3.05) is 5.75 Å². The van der Waals surface area contributed by atoms with Crippen LogP contribution in [0.15, 0.2) is 24.3 Å². The van der Waals surface area contributed by atoms with Gasteiger partial charge in [-0.3, -0.25) is 0 Å². The topological polar surface area (TPSA) is 0 Å². The van der Waals surface area contributed by atoms with E-state index in [0.29, 0.717) is 0 Å². The highest BCUT2D eigenvalue weighted by Gasteiger charge is 1.91. The molecule has 0 bridgehead atoms. The highest BCUT2D eigenvalue weighted by molar-refractivity contribution is 7.80. The summed E-state index contributed by atoms with van der Waals surface area (Å²) in [5.41, 5.74) is 1.32.